The standard InChI is InChI=1S/C8H18N2O/c1-2-3-4-5-9-6-7-10(11)8-9/h10H,2-8H2,1H3. The van der Waals surface area contributed by atoms with Crippen molar-refractivity contribution in [2.75, 3.05) is 26.3 Å². The number of nitrogens with zero attached hydrogens (tertiary/aromatic N) is 1. The highest BCUT2D eigenvalue weighted by Gasteiger charge is 2.15. The summed E-state index contributed by atoms with van der Waals surface area (Å²) in [7, 11) is 0. The molecular formula is C8H18N2O. The zero-order valence-electron chi connectivity index (χ0n) is 7.31. The maximum Gasteiger partial charge on any atom is 0.133 e. The van der Waals surface area contributed by atoms with Gasteiger partial charge in [-0.1, -0.05) is 19.8 Å². The van der Waals surface area contributed by atoms with Crippen LogP contribution >= 0.6 is 0 Å². The first-order valence-electron chi connectivity index (χ1n) is 4.57. The summed E-state index contributed by atoms with van der Waals surface area (Å²) in [6.07, 6.45) is 3.82. The first-order valence-corrected chi connectivity index (χ1v) is 4.57. The van der Waals surface area contributed by atoms with Crippen molar-refractivity contribution in [3.63, 3.8) is 0 Å². The van der Waals surface area contributed by atoms with Gasteiger partial charge in [-0.3, -0.25) is 4.90 Å². The lowest BCUT2D eigenvalue weighted by atomic mass is 10.2. The van der Waals surface area contributed by atoms with Crippen LogP contribution in [0.1, 0.15) is 26.2 Å². The Balaban J connectivity index is 1.99. The largest absolute Gasteiger partial charge is 0.633 e. The normalized spacial score (nSPS) is 26.2. The average molecular weight is 158 g/mol. The van der Waals surface area contributed by atoms with E-state index in [4.69, 9.17) is 0 Å². The molecule has 0 aromatic rings. The van der Waals surface area contributed by atoms with Crippen LogP contribution in [-0.2, 0) is 0 Å². The van der Waals surface area contributed by atoms with Crippen molar-refractivity contribution in [1.29, 1.82) is 0 Å². The second-order valence-electron chi connectivity index (χ2n) is 3.27. The van der Waals surface area contributed by atoms with Gasteiger partial charge in [-0.25, -0.2) is 0 Å². The highest BCUT2D eigenvalue weighted by Crippen LogP contribution is 1.97. The minimum absolute atomic E-state index is 0.418. The van der Waals surface area contributed by atoms with Gasteiger partial charge in [0.15, 0.2) is 0 Å². The summed E-state index contributed by atoms with van der Waals surface area (Å²) in [6, 6.07) is 0. The summed E-state index contributed by atoms with van der Waals surface area (Å²) >= 11 is 0. The van der Waals surface area contributed by atoms with E-state index in [1.165, 1.54) is 19.3 Å². The van der Waals surface area contributed by atoms with Crippen LogP contribution in [0.25, 0.3) is 0 Å². The topological polar surface area (TPSA) is 30.7 Å². The van der Waals surface area contributed by atoms with Crippen LogP contribution in [-0.4, -0.2) is 31.2 Å². The molecule has 3 nitrogen and oxygen atoms in total. The summed E-state index contributed by atoms with van der Waals surface area (Å²) in [4.78, 5) is 2.26. The molecule has 1 unspecified atom stereocenters. The van der Waals surface area contributed by atoms with E-state index < -0.39 is 0 Å². The summed E-state index contributed by atoms with van der Waals surface area (Å²) in [5.41, 5.74) is 0. The van der Waals surface area contributed by atoms with E-state index >= 15 is 0 Å². The van der Waals surface area contributed by atoms with Crippen LogP contribution < -0.4 is 5.06 Å². The van der Waals surface area contributed by atoms with Gasteiger partial charge in [0.2, 0.25) is 0 Å². The van der Waals surface area contributed by atoms with Crippen LogP contribution in [0.15, 0.2) is 0 Å². The van der Waals surface area contributed by atoms with E-state index in [9.17, 15) is 5.21 Å². The number of hydroxylamine groups is 2. The predicted octanol–water partition coefficient (Wildman–Crippen LogP) is -0.168. The first kappa shape index (κ1) is 8.97. The summed E-state index contributed by atoms with van der Waals surface area (Å²) in [5, 5.41) is 11.3. The molecule has 1 saturated heterocycles. The molecule has 0 bridgehead atoms. The third-order valence-corrected chi connectivity index (χ3v) is 2.18. The second kappa shape index (κ2) is 4.70. The molecule has 1 fully saturated rings. The Morgan fingerprint density at radius 3 is 2.82 bits per heavy atom. The van der Waals surface area contributed by atoms with E-state index in [1.54, 1.807) is 0 Å². The Labute approximate surface area is 68.6 Å². The van der Waals surface area contributed by atoms with Gasteiger partial charge in [-0.05, 0) is 6.42 Å². The van der Waals surface area contributed by atoms with Gasteiger partial charge in [0.25, 0.3) is 0 Å². The summed E-state index contributed by atoms with van der Waals surface area (Å²) < 4.78 is 0. The number of rotatable bonds is 4. The number of unbranched alkanes of at least 4 members (excludes halogenated alkanes) is 2. The molecule has 3 heteroatoms. The third-order valence-electron chi connectivity index (χ3n) is 2.18. The van der Waals surface area contributed by atoms with Crippen LogP contribution in [0.2, 0.25) is 0 Å². The van der Waals surface area contributed by atoms with Gasteiger partial charge in [-0.15, -0.1) is 0 Å². The van der Waals surface area contributed by atoms with Crippen molar-refractivity contribution < 1.29 is 5.06 Å². The minimum Gasteiger partial charge on any atom is -0.633 e. The van der Waals surface area contributed by atoms with Crippen LogP contribution in [0.4, 0.5) is 0 Å². The molecule has 0 aromatic heterocycles. The molecule has 66 valence electrons. The quantitative estimate of drug-likeness (QED) is 0.455. The van der Waals surface area contributed by atoms with Gasteiger partial charge in [0, 0.05) is 6.54 Å². The van der Waals surface area contributed by atoms with Crippen molar-refractivity contribution in [2.24, 2.45) is 0 Å². The van der Waals surface area contributed by atoms with E-state index in [2.05, 4.69) is 11.8 Å². The molecule has 0 radical (unpaired) electrons. The Morgan fingerprint density at radius 2 is 2.27 bits per heavy atom. The predicted molar refractivity (Wildman–Crippen MR) is 45.2 cm³/mol. The van der Waals surface area contributed by atoms with Crippen LogP contribution in [0.3, 0.4) is 0 Å². The van der Waals surface area contributed by atoms with E-state index in [0.717, 1.165) is 19.6 Å². The lowest BCUT2D eigenvalue weighted by Crippen LogP contribution is -3.05. The number of hydrogen-bond acceptors (Lipinski definition) is 2. The highest BCUT2D eigenvalue weighted by molar-refractivity contribution is 4.56. The van der Waals surface area contributed by atoms with Crippen LogP contribution in [0.5, 0.6) is 0 Å². The van der Waals surface area contributed by atoms with Crippen molar-refractivity contribution in [3.8, 4) is 0 Å². The molecule has 1 rings (SSSR count). The lowest BCUT2D eigenvalue weighted by Gasteiger charge is -2.16. The second-order valence-corrected chi connectivity index (χ2v) is 3.27. The molecule has 1 N–H and O–H groups in total. The maximum absolute atomic E-state index is 10.8. The van der Waals surface area contributed by atoms with Crippen molar-refractivity contribution in [2.45, 2.75) is 26.2 Å². The fourth-order valence-electron chi connectivity index (χ4n) is 1.47. The van der Waals surface area contributed by atoms with Crippen molar-refractivity contribution in [3.05, 3.63) is 5.21 Å². The minimum atomic E-state index is 0.418. The molecular weight excluding hydrogens is 140 g/mol. The lowest BCUT2D eigenvalue weighted by molar-refractivity contribution is -0.839. The monoisotopic (exact) mass is 158 g/mol. The van der Waals surface area contributed by atoms with E-state index in [1.807, 2.05) is 0 Å². The number of nitrogens with one attached hydrogen (secondary N) is 1. The van der Waals surface area contributed by atoms with Gasteiger partial charge in [-0.2, -0.15) is 0 Å². The fraction of sp³-hybridized carbons (Fsp3) is 1.00. The highest BCUT2D eigenvalue weighted by atomic mass is 16.5. The van der Waals surface area contributed by atoms with Gasteiger partial charge in [0.05, 0.1) is 13.1 Å². The third kappa shape index (κ3) is 3.18. The first-order chi connectivity index (χ1) is 5.33. The Hall–Kier alpha value is -0.120. The number of quaternary nitrogens is 1. The van der Waals surface area contributed by atoms with Gasteiger partial charge >= 0.3 is 0 Å². The van der Waals surface area contributed by atoms with Gasteiger partial charge < -0.3 is 10.3 Å². The summed E-state index contributed by atoms with van der Waals surface area (Å²) in [6.45, 7) is 5.83. The average Bonchev–Trinajstić information content (AvgIpc) is 2.37. The van der Waals surface area contributed by atoms with E-state index in [0.29, 0.717) is 11.7 Å². The SMILES string of the molecule is CCCCCN1CC[NH+]([O-])C1. The van der Waals surface area contributed by atoms with E-state index in [-0.39, 0.29) is 0 Å². The van der Waals surface area contributed by atoms with Crippen molar-refractivity contribution >= 4 is 0 Å². The molecule has 1 atom stereocenters. The maximum atomic E-state index is 10.8. The zero-order valence-corrected chi connectivity index (χ0v) is 7.31. The zero-order chi connectivity index (χ0) is 8.10. The molecule has 1 heterocycles. The molecule has 11 heavy (non-hydrogen) atoms. The fourth-order valence-corrected chi connectivity index (χ4v) is 1.47. The Bertz CT molecular complexity index is 108. The molecule has 0 saturated carbocycles. The molecule has 0 amide bonds. The molecule has 0 aliphatic carbocycles. The van der Waals surface area contributed by atoms with Gasteiger partial charge in [0.1, 0.15) is 6.67 Å². The van der Waals surface area contributed by atoms with Crippen molar-refractivity contribution in [1.82, 2.24) is 4.90 Å². The molecule has 0 spiro atoms. The molecule has 1 aliphatic rings. The Kier molecular flexibility index (Phi) is 3.83. The molecule has 1 aliphatic heterocycles. The Morgan fingerprint density at radius 1 is 1.45 bits per heavy atom. The smallest absolute Gasteiger partial charge is 0.133 e. The number of hydrogen-bond donors (Lipinski definition) is 1. The summed E-state index contributed by atoms with van der Waals surface area (Å²) in [5.74, 6) is 0. The van der Waals surface area contributed by atoms with Crippen LogP contribution in [0, 0.1) is 5.21 Å². The molecule has 0 aromatic carbocycles.